The molecule has 1 fully saturated rings. The number of rotatable bonds is 4. The largest absolute Gasteiger partial charge is 0.277 e. The van der Waals surface area contributed by atoms with Crippen LogP contribution in [0.4, 0.5) is 0 Å². The highest BCUT2D eigenvalue weighted by atomic mass is 16.2. The first-order valence-corrected chi connectivity index (χ1v) is 10.6. The minimum Gasteiger partial charge on any atom is -0.277 e. The van der Waals surface area contributed by atoms with E-state index in [9.17, 15) is 19.2 Å². The first kappa shape index (κ1) is 21.0. The summed E-state index contributed by atoms with van der Waals surface area (Å²) >= 11 is 0. The molecular weight excluding hydrogens is 392 g/mol. The molecule has 0 atom stereocenters. The Balaban J connectivity index is 1.66. The Kier molecular flexibility index (Phi) is 5.25. The Labute approximate surface area is 181 Å². The van der Waals surface area contributed by atoms with Crippen molar-refractivity contribution in [2.24, 2.45) is 5.92 Å². The number of imide groups is 2. The van der Waals surface area contributed by atoms with Gasteiger partial charge < -0.3 is 0 Å². The highest BCUT2D eigenvalue weighted by Crippen LogP contribution is 2.34. The molecule has 2 heterocycles. The average Bonchev–Trinajstić information content (AvgIpc) is 3.11. The van der Waals surface area contributed by atoms with E-state index in [1.54, 1.807) is 37.3 Å². The molecule has 0 saturated heterocycles. The fraction of sp³-hybridized carbons (Fsp3) is 0.360. The molecule has 3 aliphatic rings. The first-order chi connectivity index (χ1) is 14.7. The lowest BCUT2D eigenvalue weighted by atomic mass is 9.86. The molecule has 4 rings (SSSR count). The van der Waals surface area contributed by atoms with E-state index < -0.39 is 0 Å². The third-order valence-corrected chi connectivity index (χ3v) is 6.69. The molecule has 0 aromatic heterocycles. The lowest BCUT2D eigenvalue weighted by molar-refractivity contribution is -0.141. The Bertz CT molecular complexity index is 1090. The Morgan fingerprint density at radius 3 is 2.26 bits per heavy atom. The van der Waals surface area contributed by atoms with Gasteiger partial charge >= 0.3 is 0 Å². The maximum atomic E-state index is 13.2. The number of fused-ring (bicyclic) bond motifs is 1. The van der Waals surface area contributed by atoms with Gasteiger partial charge in [-0.25, -0.2) is 0 Å². The van der Waals surface area contributed by atoms with Crippen LogP contribution < -0.4 is 0 Å². The van der Waals surface area contributed by atoms with Gasteiger partial charge in [0.25, 0.3) is 23.6 Å². The number of carbonyl (C=O) groups excluding carboxylic acids is 4. The van der Waals surface area contributed by atoms with Gasteiger partial charge in [-0.15, -0.1) is 0 Å². The van der Waals surface area contributed by atoms with E-state index in [0.717, 1.165) is 30.6 Å². The number of hydrogen-bond acceptors (Lipinski definition) is 4. The molecule has 6 nitrogen and oxygen atoms in total. The van der Waals surface area contributed by atoms with Crippen molar-refractivity contribution >= 4 is 29.2 Å². The van der Waals surface area contributed by atoms with Gasteiger partial charge in [0.1, 0.15) is 0 Å². The second-order valence-electron chi connectivity index (χ2n) is 8.67. The van der Waals surface area contributed by atoms with Gasteiger partial charge in [-0.05, 0) is 67.9 Å². The van der Waals surface area contributed by atoms with Gasteiger partial charge in [0, 0.05) is 24.2 Å². The highest BCUT2D eigenvalue weighted by molar-refractivity contribution is 6.22. The predicted molar refractivity (Wildman–Crippen MR) is 117 cm³/mol. The average molecular weight is 418 g/mol. The van der Waals surface area contributed by atoms with Crippen molar-refractivity contribution in [3.05, 3.63) is 64.8 Å². The molecule has 2 aliphatic heterocycles. The van der Waals surface area contributed by atoms with E-state index in [2.05, 4.69) is 13.5 Å². The zero-order valence-electron chi connectivity index (χ0n) is 18.1. The van der Waals surface area contributed by atoms with E-state index in [0.29, 0.717) is 39.3 Å². The summed E-state index contributed by atoms with van der Waals surface area (Å²) in [5, 5.41) is 0. The molecule has 4 amide bonds. The minimum absolute atomic E-state index is 0.0524. The summed E-state index contributed by atoms with van der Waals surface area (Å²) < 4.78 is 0. The summed E-state index contributed by atoms with van der Waals surface area (Å²) in [6, 6.07) is 4.94. The maximum absolute atomic E-state index is 13.2. The maximum Gasteiger partial charge on any atom is 0.261 e. The van der Waals surface area contributed by atoms with Crippen molar-refractivity contribution < 1.29 is 19.2 Å². The molecule has 1 saturated carbocycles. The monoisotopic (exact) mass is 418 g/mol. The van der Waals surface area contributed by atoms with Crippen molar-refractivity contribution in [1.82, 2.24) is 9.80 Å². The summed E-state index contributed by atoms with van der Waals surface area (Å²) in [7, 11) is 1.45. The minimum atomic E-state index is -0.356. The normalized spacial score (nSPS) is 24.4. The third-order valence-electron chi connectivity index (χ3n) is 6.69. The van der Waals surface area contributed by atoms with Gasteiger partial charge in [0.05, 0.1) is 11.1 Å². The number of allylic oxidation sites excluding steroid dienone is 2. The van der Waals surface area contributed by atoms with Crippen LogP contribution in [0.5, 0.6) is 0 Å². The zero-order chi connectivity index (χ0) is 22.4. The number of amides is 4. The SMILES string of the molecule is C=C/C(=C\C1=C(C)C(=O)N(C2CCC(C)CC2)C1=O)c1ccc2c(c1)C(=O)N(C)C2=O. The third kappa shape index (κ3) is 3.36. The Morgan fingerprint density at radius 1 is 0.968 bits per heavy atom. The predicted octanol–water partition coefficient (Wildman–Crippen LogP) is 3.75. The van der Waals surface area contributed by atoms with E-state index in [4.69, 9.17) is 0 Å². The smallest absolute Gasteiger partial charge is 0.261 e. The van der Waals surface area contributed by atoms with Gasteiger partial charge in [0.2, 0.25) is 0 Å². The standard InChI is InChI=1S/C25H26N2O4/c1-5-16(17-8-11-19-21(13-17)24(30)26(4)23(19)29)12-20-15(3)22(28)27(25(20)31)18-9-6-14(2)7-10-18/h5,8,11-14,18H,1,6-7,9-10H2,2-4H3/b16-12+. The van der Waals surface area contributed by atoms with Crippen LogP contribution in [-0.2, 0) is 9.59 Å². The van der Waals surface area contributed by atoms with Crippen LogP contribution in [0.3, 0.4) is 0 Å². The zero-order valence-corrected chi connectivity index (χ0v) is 18.1. The quantitative estimate of drug-likeness (QED) is 0.551. The summed E-state index contributed by atoms with van der Waals surface area (Å²) in [5.41, 5.74) is 2.76. The molecule has 0 spiro atoms. The van der Waals surface area contributed by atoms with Gasteiger partial charge in [-0.1, -0.05) is 25.6 Å². The van der Waals surface area contributed by atoms with Gasteiger partial charge in [-0.3, -0.25) is 29.0 Å². The number of benzene rings is 1. The molecule has 0 bridgehead atoms. The van der Waals surface area contributed by atoms with E-state index in [1.165, 1.54) is 11.9 Å². The lowest BCUT2D eigenvalue weighted by Crippen LogP contribution is -2.42. The van der Waals surface area contributed by atoms with E-state index in [-0.39, 0.29) is 29.7 Å². The summed E-state index contributed by atoms with van der Waals surface area (Å²) in [5.74, 6) is -0.559. The van der Waals surface area contributed by atoms with Crippen molar-refractivity contribution in [3.8, 4) is 0 Å². The molecule has 1 aliphatic carbocycles. The fourth-order valence-electron chi connectivity index (χ4n) is 4.64. The van der Waals surface area contributed by atoms with E-state index in [1.807, 2.05) is 0 Å². The van der Waals surface area contributed by atoms with Crippen LogP contribution >= 0.6 is 0 Å². The van der Waals surface area contributed by atoms with Crippen LogP contribution in [0.1, 0.15) is 65.8 Å². The second kappa shape index (κ2) is 7.76. The molecule has 160 valence electrons. The van der Waals surface area contributed by atoms with Crippen molar-refractivity contribution in [2.45, 2.75) is 45.6 Å². The van der Waals surface area contributed by atoms with Crippen LogP contribution in [0.25, 0.3) is 5.57 Å². The molecule has 1 aromatic rings. The van der Waals surface area contributed by atoms with Crippen molar-refractivity contribution in [1.29, 1.82) is 0 Å². The topological polar surface area (TPSA) is 74.8 Å². The molecule has 0 N–H and O–H groups in total. The van der Waals surface area contributed by atoms with Crippen LogP contribution in [0.15, 0.2) is 48.1 Å². The molecular formula is C25H26N2O4. The molecule has 6 heteroatoms. The van der Waals surface area contributed by atoms with E-state index >= 15 is 0 Å². The fourth-order valence-corrected chi connectivity index (χ4v) is 4.64. The van der Waals surface area contributed by atoms with Crippen LogP contribution in [-0.4, -0.2) is 46.5 Å². The molecule has 0 unspecified atom stereocenters. The van der Waals surface area contributed by atoms with Gasteiger partial charge in [-0.2, -0.15) is 0 Å². The summed E-state index contributed by atoms with van der Waals surface area (Å²) in [4.78, 5) is 53.1. The molecule has 1 aromatic carbocycles. The second-order valence-corrected chi connectivity index (χ2v) is 8.67. The molecule has 0 radical (unpaired) electrons. The lowest BCUT2D eigenvalue weighted by Gasteiger charge is -2.32. The van der Waals surface area contributed by atoms with Crippen molar-refractivity contribution in [3.63, 3.8) is 0 Å². The number of nitrogens with zero attached hydrogens (tertiary/aromatic N) is 2. The highest BCUT2D eigenvalue weighted by Gasteiger charge is 2.40. The van der Waals surface area contributed by atoms with Crippen LogP contribution in [0.2, 0.25) is 0 Å². The summed E-state index contributed by atoms with van der Waals surface area (Å²) in [6.45, 7) is 7.72. The molecule has 31 heavy (non-hydrogen) atoms. The first-order valence-electron chi connectivity index (χ1n) is 10.6. The Hall–Kier alpha value is -3.28. The van der Waals surface area contributed by atoms with Crippen LogP contribution in [0, 0.1) is 5.92 Å². The van der Waals surface area contributed by atoms with Crippen molar-refractivity contribution in [2.75, 3.05) is 7.05 Å². The van der Waals surface area contributed by atoms with Gasteiger partial charge in [0.15, 0.2) is 0 Å². The summed E-state index contributed by atoms with van der Waals surface area (Å²) in [6.07, 6.45) is 6.97. The Morgan fingerprint density at radius 2 is 1.61 bits per heavy atom. The number of carbonyl (C=O) groups is 4. The number of hydrogen-bond donors (Lipinski definition) is 0.